The van der Waals surface area contributed by atoms with Crippen molar-refractivity contribution in [1.29, 1.82) is 0 Å². The van der Waals surface area contributed by atoms with Gasteiger partial charge in [0.05, 0.1) is 27.9 Å². The molecule has 8 heteroatoms. The van der Waals surface area contributed by atoms with Crippen molar-refractivity contribution in [2.24, 2.45) is 0 Å². The van der Waals surface area contributed by atoms with E-state index in [1.165, 1.54) is 11.3 Å². The standard InChI is InChI=1S/C23H24Cl2N2O2S2/c1-15-6-11-19(25)22-21(15)26-23(31-22)27(14-17-4-2-12-29-17)20(28)5-3-13-30-18-9-7-16(24)8-10-18/h6-11,17H,2-5,12-14H2,1H3. The highest BCUT2D eigenvalue weighted by Gasteiger charge is 2.26. The number of carbonyl (C=O) groups excluding carboxylic acids is 1. The van der Waals surface area contributed by atoms with E-state index in [1.54, 1.807) is 11.8 Å². The first-order chi connectivity index (χ1) is 15.0. The van der Waals surface area contributed by atoms with Gasteiger partial charge < -0.3 is 4.74 Å². The van der Waals surface area contributed by atoms with Gasteiger partial charge in [0.15, 0.2) is 5.13 Å². The zero-order valence-corrected chi connectivity index (χ0v) is 20.4. The van der Waals surface area contributed by atoms with Gasteiger partial charge in [-0.2, -0.15) is 0 Å². The topological polar surface area (TPSA) is 42.4 Å². The Morgan fingerprint density at radius 1 is 1.26 bits per heavy atom. The Kier molecular flexibility index (Phi) is 7.77. The average molecular weight is 495 g/mol. The molecule has 1 atom stereocenters. The third kappa shape index (κ3) is 5.74. The van der Waals surface area contributed by atoms with Crippen LogP contribution in [0.1, 0.15) is 31.2 Å². The molecule has 1 amide bonds. The van der Waals surface area contributed by atoms with Crippen LogP contribution in [0.5, 0.6) is 0 Å². The van der Waals surface area contributed by atoms with Gasteiger partial charge in [0, 0.05) is 22.9 Å². The molecule has 1 fully saturated rings. The highest BCUT2D eigenvalue weighted by Crippen LogP contribution is 2.36. The molecule has 4 nitrogen and oxygen atoms in total. The minimum absolute atomic E-state index is 0.0657. The Morgan fingerprint density at radius 3 is 2.77 bits per heavy atom. The lowest BCUT2D eigenvalue weighted by Gasteiger charge is -2.23. The van der Waals surface area contributed by atoms with Crippen LogP contribution in [0.15, 0.2) is 41.3 Å². The average Bonchev–Trinajstić information content (AvgIpc) is 3.44. The Hall–Kier alpha value is -1.31. The summed E-state index contributed by atoms with van der Waals surface area (Å²) in [6.07, 6.45) is 3.33. The first kappa shape index (κ1) is 22.9. The number of ether oxygens (including phenoxy) is 1. The second kappa shape index (κ2) is 10.5. The van der Waals surface area contributed by atoms with E-state index in [1.807, 2.05) is 48.2 Å². The normalized spacial score (nSPS) is 16.2. The predicted molar refractivity (Wildman–Crippen MR) is 132 cm³/mol. The molecule has 1 saturated heterocycles. The third-order valence-electron chi connectivity index (χ3n) is 5.25. The molecule has 2 heterocycles. The first-order valence-electron chi connectivity index (χ1n) is 10.4. The molecule has 4 rings (SSSR count). The SMILES string of the molecule is Cc1ccc(Cl)c2sc(N(CC3CCCO3)C(=O)CCCSc3ccc(Cl)cc3)nc12. The number of halogens is 2. The molecule has 164 valence electrons. The number of hydrogen-bond donors (Lipinski definition) is 0. The van der Waals surface area contributed by atoms with Gasteiger partial charge >= 0.3 is 0 Å². The van der Waals surface area contributed by atoms with Crippen molar-refractivity contribution >= 4 is 67.6 Å². The van der Waals surface area contributed by atoms with Crippen molar-refractivity contribution in [3.05, 3.63) is 52.0 Å². The van der Waals surface area contributed by atoms with Crippen LogP contribution in [-0.2, 0) is 9.53 Å². The molecule has 1 unspecified atom stereocenters. The van der Waals surface area contributed by atoms with Gasteiger partial charge in [-0.05, 0) is 67.8 Å². The lowest BCUT2D eigenvalue weighted by Crippen LogP contribution is -2.37. The lowest BCUT2D eigenvalue weighted by atomic mass is 10.2. The molecular formula is C23H24Cl2N2O2S2. The molecule has 0 N–H and O–H groups in total. The van der Waals surface area contributed by atoms with Gasteiger partial charge in [0.2, 0.25) is 5.91 Å². The van der Waals surface area contributed by atoms with Crippen LogP contribution in [0.3, 0.4) is 0 Å². The summed E-state index contributed by atoms with van der Waals surface area (Å²) in [6, 6.07) is 11.6. The van der Waals surface area contributed by atoms with Gasteiger partial charge in [0.25, 0.3) is 0 Å². The monoisotopic (exact) mass is 494 g/mol. The van der Waals surface area contributed by atoms with Crippen molar-refractivity contribution in [2.45, 2.75) is 43.6 Å². The maximum atomic E-state index is 13.2. The molecule has 0 saturated carbocycles. The van der Waals surface area contributed by atoms with Crippen molar-refractivity contribution in [2.75, 3.05) is 23.8 Å². The molecule has 1 aromatic heterocycles. The maximum Gasteiger partial charge on any atom is 0.228 e. The zero-order chi connectivity index (χ0) is 21.8. The van der Waals surface area contributed by atoms with Gasteiger partial charge in [0.1, 0.15) is 0 Å². The number of aromatic nitrogens is 1. The van der Waals surface area contributed by atoms with Crippen LogP contribution in [0, 0.1) is 6.92 Å². The minimum Gasteiger partial charge on any atom is -0.376 e. The van der Waals surface area contributed by atoms with Gasteiger partial charge in [-0.25, -0.2) is 4.98 Å². The van der Waals surface area contributed by atoms with E-state index in [0.717, 1.165) is 57.3 Å². The summed E-state index contributed by atoms with van der Waals surface area (Å²) in [5.41, 5.74) is 1.93. The molecule has 1 aliphatic heterocycles. The zero-order valence-electron chi connectivity index (χ0n) is 17.3. The van der Waals surface area contributed by atoms with Gasteiger partial charge in [-0.15, -0.1) is 11.8 Å². The summed E-state index contributed by atoms with van der Waals surface area (Å²) in [4.78, 5) is 21.0. The minimum atomic E-state index is 0.0657. The molecule has 0 aliphatic carbocycles. The van der Waals surface area contributed by atoms with Gasteiger partial charge in [-0.1, -0.05) is 40.6 Å². The highest BCUT2D eigenvalue weighted by atomic mass is 35.5. The van der Waals surface area contributed by atoms with Crippen LogP contribution in [-0.4, -0.2) is 35.9 Å². The summed E-state index contributed by atoms with van der Waals surface area (Å²) in [5, 5.41) is 2.11. The van der Waals surface area contributed by atoms with E-state index in [4.69, 9.17) is 32.9 Å². The van der Waals surface area contributed by atoms with Crippen LogP contribution in [0.25, 0.3) is 10.2 Å². The number of carbonyl (C=O) groups is 1. The second-order valence-electron chi connectivity index (χ2n) is 7.58. The number of nitrogens with zero attached hydrogens (tertiary/aromatic N) is 2. The third-order valence-corrected chi connectivity index (χ3v) is 8.13. The molecule has 0 radical (unpaired) electrons. The van der Waals surface area contributed by atoms with E-state index in [9.17, 15) is 4.79 Å². The van der Waals surface area contributed by atoms with Crippen molar-refractivity contribution in [3.8, 4) is 0 Å². The molecule has 2 aromatic carbocycles. The number of amides is 1. The molecule has 1 aliphatic rings. The number of thiazole rings is 1. The maximum absolute atomic E-state index is 13.2. The van der Waals surface area contributed by atoms with E-state index < -0.39 is 0 Å². The van der Waals surface area contributed by atoms with Crippen molar-refractivity contribution in [1.82, 2.24) is 4.98 Å². The number of anilines is 1. The Labute approximate surface area is 200 Å². The van der Waals surface area contributed by atoms with Crippen LogP contribution in [0.2, 0.25) is 10.0 Å². The number of hydrogen-bond acceptors (Lipinski definition) is 5. The molecule has 0 bridgehead atoms. The van der Waals surface area contributed by atoms with Crippen LogP contribution >= 0.6 is 46.3 Å². The van der Waals surface area contributed by atoms with Crippen molar-refractivity contribution in [3.63, 3.8) is 0 Å². The summed E-state index contributed by atoms with van der Waals surface area (Å²) in [6.45, 7) is 3.32. The predicted octanol–water partition coefficient (Wildman–Crippen LogP) is 7.00. The molecule has 0 spiro atoms. The first-order valence-corrected chi connectivity index (χ1v) is 12.9. The highest BCUT2D eigenvalue weighted by molar-refractivity contribution is 7.99. The van der Waals surface area contributed by atoms with E-state index in [0.29, 0.717) is 23.1 Å². The fraction of sp³-hybridized carbons (Fsp3) is 0.391. The number of rotatable bonds is 8. The molecule has 31 heavy (non-hydrogen) atoms. The Bertz CT molecular complexity index is 1010. The summed E-state index contributed by atoms with van der Waals surface area (Å²) in [5.74, 6) is 0.950. The largest absolute Gasteiger partial charge is 0.376 e. The second-order valence-corrected chi connectivity index (χ2v) is 10.6. The summed E-state index contributed by atoms with van der Waals surface area (Å²) >= 11 is 15.6. The van der Waals surface area contributed by atoms with Crippen LogP contribution < -0.4 is 4.90 Å². The van der Waals surface area contributed by atoms with Gasteiger partial charge in [-0.3, -0.25) is 9.69 Å². The quantitative estimate of drug-likeness (QED) is 0.249. The fourth-order valence-corrected chi connectivity index (χ4v) is 5.89. The summed E-state index contributed by atoms with van der Waals surface area (Å²) < 4.78 is 6.74. The molecular weight excluding hydrogens is 471 g/mol. The number of aryl methyl sites for hydroxylation is 1. The Morgan fingerprint density at radius 2 is 2.06 bits per heavy atom. The number of fused-ring (bicyclic) bond motifs is 1. The van der Waals surface area contributed by atoms with Crippen LogP contribution in [0.4, 0.5) is 5.13 Å². The Balaban J connectivity index is 1.45. The number of thioether (sulfide) groups is 1. The van der Waals surface area contributed by atoms with E-state index >= 15 is 0 Å². The molecule has 3 aromatic rings. The number of benzene rings is 2. The summed E-state index contributed by atoms with van der Waals surface area (Å²) in [7, 11) is 0. The smallest absolute Gasteiger partial charge is 0.228 e. The fourth-order valence-electron chi connectivity index (χ4n) is 3.56. The van der Waals surface area contributed by atoms with E-state index in [-0.39, 0.29) is 12.0 Å². The van der Waals surface area contributed by atoms with E-state index in [2.05, 4.69) is 0 Å². The lowest BCUT2D eigenvalue weighted by molar-refractivity contribution is -0.119. The van der Waals surface area contributed by atoms with Crippen molar-refractivity contribution < 1.29 is 9.53 Å².